The first-order valence-electron chi connectivity index (χ1n) is 12.7. The summed E-state index contributed by atoms with van der Waals surface area (Å²) in [6.07, 6.45) is 5.08. The van der Waals surface area contributed by atoms with Crippen LogP contribution in [0.15, 0.2) is 18.6 Å². The molecule has 4 amide bonds. The number of Topliss-reactive ketones (excluding diaryl/α,β-unsaturated/α-hetero) is 1. The fraction of sp³-hybridized carbons (Fsp3) is 0.615. The lowest BCUT2D eigenvalue weighted by Crippen LogP contribution is -2.55. The van der Waals surface area contributed by atoms with Crippen molar-refractivity contribution >= 4 is 34.7 Å². The summed E-state index contributed by atoms with van der Waals surface area (Å²) >= 11 is 0. The predicted octanol–water partition coefficient (Wildman–Crippen LogP) is 2.21. The Morgan fingerprint density at radius 1 is 1.08 bits per heavy atom. The number of nitrogens with one attached hydrogen (secondary N) is 3. The Hall–Kier alpha value is -3.50. The van der Waals surface area contributed by atoms with E-state index >= 15 is 0 Å². The molecule has 0 fully saturated rings. The van der Waals surface area contributed by atoms with Crippen molar-refractivity contribution in [3.05, 3.63) is 24.3 Å². The normalized spacial score (nSPS) is 13.3. The van der Waals surface area contributed by atoms with Crippen molar-refractivity contribution < 1.29 is 19.2 Å². The number of nitrogens with two attached hydrogens (primary N) is 1. The van der Waals surface area contributed by atoms with E-state index in [1.807, 2.05) is 37.6 Å². The van der Waals surface area contributed by atoms with Gasteiger partial charge in [0.15, 0.2) is 5.78 Å². The highest BCUT2D eigenvalue weighted by Crippen LogP contribution is 2.20. The lowest BCUT2D eigenvalue weighted by Gasteiger charge is -2.28. The lowest BCUT2D eigenvalue weighted by atomic mass is 9.84. The number of aryl methyl sites for hydroxylation is 2. The second-order valence-corrected chi connectivity index (χ2v) is 10.7. The summed E-state index contributed by atoms with van der Waals surface area (Å²) < 4.78 is 1.99. The number of aromatic nitrogens is 3. The van der Waals surface area contributed by atoms with Gasteiger partial charge in [-0.3, -0.25) is 14.4 Å². The van der Waals surface area contributed by atoms with E-state index in [2.05, 4.69) is 25.9 Å². The largest absolute Gasteiger partial charge is 0.352 e. The molecule has 0 aromatic carbocycles. The number of hydrogen-bond donors (Lipinski definition) is 4. The molecule has 11 heteroatoms. The number of primary amides is 1. The average Bonchev–Trinajstić information content (AvgIpc) is 3.22. The van der Waals surface area contributed by atoms with Crippen molar-refractivity contribution in [3.63, 3.8) is 0 Å². The average molecular weight is 516 g/mol. The Morgan fingerprint density at radius 3 is 2.41 bits per heavy atom. The van der Waals surface area contributed by atoms with Crippen LogP contribution in [0.3, 0.4) is 0 Å². The number of amides is 4. The van der Waals surface area contributed by atoms with Crippen LogP contribution in [0.4, 0.5) is 4.79 Å². The monoisotopic (exact) mass is 515 g/mol. The second-order valence-electron chi connectivity index (χ2n) is 10.7. The molecule has 0 bridgehead atoms. The van der Waals surface area contributed by atoms with E-state index in [0.717, 1.165) is 16.7 Å². The van der Waals surface area contributed by atoms with Gasteiger partial charge in [0.2, 0.25) is 11.8 Å². The quantitative estimate of drug-likeness (QED) is 0.299. The zero-order valence-corrected chi connectivity index (χ0v) is 22.8. The summed E-state index contributed by atoms with van der Waals surface area (Å²) in [6.45, 7) is 11.9. The first-order chi connectivity index (χ1) is 17.3. The van der Waals surface area contributed by atoms with E-state index in [0.29, 0.717) is 32.4 Å². The molecular formula is C26H41N7O4. The predicted molar refractivity (Wildman–Crippen MR) is 141 cm³/mol. The first-order valence-corrected chi connectivity index (χ1v) is 12.7. The Kier molecular flexibility index (Phi) is 10.6. The minimum absolute atomic E-state index is 0.119. The van der Waals surface area contributed by atoms with E-state index in [1.165, 1.54) is 6.33 Å². The van der Waals surface area contributed by atoms with Crippen LogP contribution in [-0.4, -0.2) is 56.8 Å². The van der Waals surface area contributed by atoms with Gasteiger partial charge in [0.1, 0.15) is 18.0 Å². The van der Waals surface area contributed by atoms with Crippen molar-refractivity contribution in [1.29, 1.82) is 0 Å². The highest BCUT2D eigenvalue weighted by molar-refractivity contribution is 5.95. The Labute approximate surface area is 218 Å². The highest BCUT2D eigenvalue weighted by atomic mass is 16.2. The zero-order valence-electron chi connectivity index (χ0n) is 22.8. The maximum absolute atomic E-state index is 13.2. The van der Waals surface area contributed by atoms with Crippen LogP contribution in [0.5, 0.6) is 0 Å². The molecule has 0 saturated heterocycles. The molecule has 11 nitrogen and oxygen atoms in total. The van der Waals surface area contributed by atoms with Crippen molar-refractivity contribution in [2.24, 2.45) is 17.1 Å². The standard InChI is InChI=1S/C26H41N7O4/c1-16(2)21(24(36)31-19(22(35)26(4,5)6)9-7-12-28-25(27)37)32-20(34)10-8-13-33-14-11-18-17(3)29-15-30-23(18)33/h11,14-16,19,21H,7-10,12-13H2,1-6H3,(H,31,36)(H,32,34)(H3,27,28,37)/t19-,21-/m0/s1. The van der Waals surface area contributed by atoms with Gasteiger partial charge in [-0.1, -0.05) is 34.6 Å². The molecule has 5 N–H and O–H groups in total. The van der Waals surface area contributed by atoms with Crippen LogP contribution in [0, 0.1) is 18.3 Å². The molecule has 0 aliphatic carbocycles. The highest BCUT2D eigenvalue weighted by Gasteiger charge is 2.33. The lowest BCUT2D eigenvalue weighted by molar-refractivity contribution is -0.135. The van der Waals surface area contributed by atoms with Gasteiger partial charge < -0.3 is 26.3 Å². The summed E-state index contributed by atoms with van der Waals surface area (Å²) in [6, 6.07) is -0.205. The Balaban J connectivity index is 1.97. The van der Waals surface area contributed by atoms with Crippen LogP contribution in [0.1, 0.15) is 66.0 Å². The maximum atomic E-state index is 13.2. The molecule has 0 aliphatic rings. The molecule has 2 atom stereocenters. The van der Waals surface area contributed by atoms with Gasteiger partial charge in [0, 0.05) is 36.5 Å². The Bertz CT molecular complexity index is 1100. The number of rotatable bonds is 13. The summed E-state index contributed by atoms with van der Waals surface area (Å²) in [5.41, 5.74) is 6.16. The van der Waals surface area contributed by atoms with Gasteiger partial charge in [0.25, 0.3) is 0 Å². The third-order valence-corrected chi connectivity index (χ3v) is 6.16. The zero-order chi connectivity index (χ0) is 27.8. The van der Waals surface area contributed by atoms with Gasteiger partial charge in [-0.15, -0.1) is 0 Å². The number of urea groups is 1. The third kappa shape index (κ3) is 8.83. The molecule has 37 heavy (non-hydrogen) atoms. The molecule has 2 heterocycles. The van der Waals surface area contributed by atoms with E-state index in [1.54, 1.807) is 20.8 Å². The molecule has 0 aliphatic heterocycles. The topological polar surface area (TPSA) is 161 Å². The molecule has 0 spiro atoms. The van der Waals surface area contributed by atoms with Crippen LogP contribution in [0.2, 0.25) is 0 Å². The summed E-state index contributed by atoms with van der Waals surface area (Å²) in [5, 5.41) is 9.14. The fourth-order valence-electron chi connectivity index (χ4n) is 4.07. The molecule has 2 aromatic rings. The van der Waals surface area contributed by atoms with Gasteiger partial charge >= 0.3 is 6.03 Å². The molecule has 0 saturated carbocycles. The van der Waals surface area contributed by atoms with E-state index < -0.39 is 29.4 Å². The van der Waals surface area contributed by atoms with E-state index in [9.17, 15) is 19.2 Å². The minimum Gasteiger partial charge on any atom is -0.352 e. The number of fused-ring (bicyclic) bond motifs is 1. The van der Waals surface area contributed by atoms with Gasteiger partial charge in [-0.2, -0.15) is 0 Å². The summed E-state index contributed by atoms with van der Waals surface area (Å²) in [4.78, 5) is 58.3. The molecule has 204 valence electrons. The van der Waals surface area contributed by atoms with Crippen LogP contribution in [-0.2, 0) is 20.9 Å². The van der Waals surface area contributed by atoms with Crippen molar-refractivity contribution in [1.82, 2.24) is 30.5 Å². The summed E-state index contributed by atoms with van der Waals surface area (Å²) in [7, 11) is 0. The fourth-order valence-corrected chi connectivity index (χ4v) is 4.07. The number of nitrogens with zero attached hydrogens (tertiary/aromatic N) is 3. The smallest absolute Gasteiger partial charge is 0.312 e. The number of carbonyl (C=O) groups is 4. The molecule has 2 rings (SSSR count). The Morgan fingerprint density at radius 2 is 1.78 bits per heavy atom. The SMILES string of the molecule is Cc1ncnc2c1ccn2CCCC(=O)N[C@H](C(=O)N[C@@H](CCCNC(N)=O)C(=O)C(C)(C)C)C(C)C. The third-order valence-electron chi connectivity index (χ3n) is 6.16. The van der Waals surface area contributed by atoms with Crippen LogP contribution in [0.25, 0.3) is 11.0 Å². The van der Waals surface area contributed by atoms with Crippen LogP contribution < -0.4 is 21.7 Å². The molecule has 0 radical (unpaired) electrons. The molecular weight excluding hydrogens is 474 g/mol. The van der Waals surface area contributed by atoms with E-state index in [-0.39, 0.29) is 24.0 Å². The van der Waals surface area contributed by atoms with Crippen molar-refractivity contribution in [3.8, 4) is 0 Å². The van der Waals surface area contributed by atoms with Crippen molar-refractivity contribution in [2.75, 3.05) is 6.54 Å². The second kappa shape index (κ2) is 13.2. The van der Waals surface area contributed by atoms with Gasteiger partial charge in [0.05, 0.1) is 11.7 Å². The molecule has 0 unspecified atom stereocenters. The van der Waals surface area contributed by atoms with Crippen molar-refractivity contribution in [2.45, 2.75) is 85.9 Å². The maximum Gasteiger partial charge on any atom is 0.312 e. The van der Waals surface area contributed by atoms with E-state index in [4.69, 9.17) is 5.73 Å². The number of carbonyl (C=O) groups excluding carboxylic acids is 4. The van der Waals surface area contributed by atoms with Crippen LogP contribution >= 0.6 is 0 Å². The number of ketones is 1. The minimum atomic E-state index is -0.783. The molecule has 2 aromatic heterocycles. The van der Waals surface area contributed by atoms with Gasteiger partial charge in [-0.25, -0.2) is 14.8 Å². The number of hydrogen-bond acceptors (Lipinski definition) is 6. The summed E-state index contributed by atoms with van der Waals surface area (Å²) in [5.74, 6) is -0.941. The van der Waals surface area contributed by atoms with Gasteiger partial charge in [-0.05, 0) is 38.2 Å². The first kappa shape index (κ1) is 29.7.